The van der Waals surface area contributed by atoms with Crippen molar-refractivity contribution in [3.05, 3.63) is 46.4 Å². The van der Waals surface area contributed by atoms with Gasteiger partial charge in [0.2, 0.25) is 5.91 Å². The number of hydrogen-bond donors (Lipinski definition) is 0. The first-order valence-corrected chi connectivity index (χ1v) is 10.4. The number of carbonyl (C=O) groups is 1. The SMILES string of the molecule is Cc1nn(CC(C)C)c(Cl)c1/C=C/C(=O)N1CCN(c2ccc(C(F)(F)F)cn2)CC1. The summed E-state index contributed by atoms with van der Waals surface area (Å²) >= 11 is 6.41. The zero-order valence-corrected chi connectivity index (χ0v) is 18.4. The molecule has 0 saturated carbocycles. The molecule has 1 aliphatic heterocycles. The van der Waals surface area contributed by atoms with Crippen LogP contribution in [0, 0.1) is 12.8 Å². The van der Waals surface area contributed by atoms with E-state index in [1.54, 1.807) is 15.7 Å². The number of hydrogen-bond acceptors (Lipinski definition) is 4. The topological polar surface area (TPSA) is 54.3 Å². The Morgan fingerprint density at radius 3 is 2.45 bits per heavy atom. The zero-order chi connectivity index (χ0) is 22.8. The molecule has 2 aromatic rings. The molecule has 2 aromatic heterocycles. The molecule has 0 N–H and O–H groups in total. The van der Waals surface area contributed by atoms with E-state index in [0.29, 0.717) is 49.6 Å². The van der Waals surface area contributed by atoms with Gasteiger partial charge < -0.3 is 9.80 Å². The van der Waals surface area contributed by atoms with E-state index in [-0.39, 0.29) is 5.91 Å². The number of nitrogens with zero attached hydrogens (tertiary/aromatic N) is 5. The van der Waals surface area contributed by atoms with Gasteiger partial charge in [-0.1, -0.05) is 25.4 Å². The third-order valence-electron chi connectivity index (χ3n) is 5.03. The molecule has 0 unspecified atom stereocenters. The van der Waals surface area contributed by atoms with Crippen molar-refractivity contribution in [2.45, 2.75) is 33.5 Å². The van der Waals surface area contributed by atoms with Gasteiger partial charge in [0.15, 0.2) is 0 Å². The molecule has 0 bridgehead atoms. The van der Waals surface area contributed by atoms with E-state index in [9.17, 15) is 18.0 Å². The van der Waals surface area contributed by atoms with E-state index in [1.807, 2.05) is 11.8 Å². The number of halogens is 4. The van der Waals surface area contributed by atoms with Crippen molar-refractivity contribution in [2.24, 2.45) is 5.92 Å². The quantitative estimate of drug-likeness (QED) is 0.631. The Bertz CT molecular complexity index is 945. The maximum atomic E-state index is 12.7. The number of amides is 1. The number of pyridine rings is 1. The molecule has 0 atom stereocenters. The van der Waals surface area contributed by atoms with Crippen LogP contribution >= 0.6 is 11.6 Å². The number of rotatable bonds is 5. The van der Waals surface area contributed by atoms with Crippen LogP contribution in [0.2, 0.25) is 5.15 Å². The summed E-state index contributed by atoms with van der Waals surface area (Å²) in [4.78, 5) is 20.1. The van der Waals surface area contributed by atoms with Crippen molar-refractivity contribution in [3.63, 3.8) is 0 Å². The highest BCUT2D eigenvalue weighted by Crippen LogP contribution is 2.29. The van der Waals surface area contributed by atoms with Crippen molar-refractivity contribution in [2.75, 3.05) is 31.1 Å². The van der Waals surface area contributed by atoms with Crippen LogP contribution < -0.4 is 4.90 Å². The maximum absolute atomic E-state index is 12.7. The van der Waals surface area contributed by atoms with Gasteiger partial charge in [-0.25, -0.2) is 4.98 Å². The number of anilines is 1. The molecule has 0 aliphatic carbocycles. The van der Waals surface area contributed by atoms with Crippen molar-refractivity contribution in [1.82, 2.24) is 19.7 Å². The molecule has 0 aromatic carbocycles. The van der Waals surface area contributed by atoms with Gasteiger partial charge in [-0.2, -0.15) is 18.3 Å². The predicted molar refractivity (Wildman–Crippen MR) is 114 cm³/mol. The van der Waals surface area contributed by atoms with Gasteiger partial charge in [0, 0.05) is 50.6 Å². The molecule has 3 rings (SSSR count). The summed E-state index contributed by atoms with van der Waals surface area (Å²) in [6, 6.07) is 2.38. The third-order valence-corrected chi connectivity index (χ3v) is 5.43. The van der Waals surface area contributed by atoms with Gasteiger partial charge in [0.25, 0.3) is 0 Å². The molecule has 0 spiro atoms. The Morgan fingerprint density at radius 1 is 1.23 bits per heavy atom. The van der Waals surface area contributed by atoms with Crippen molar-refractivity contribution < 1.29 is 18.0 Å². The highest BCUT2D eigenvalue weighted by Gasteiger charge is 2.31. The van der Waals surface area contributed by atoms with Gasteiger partial charge in [-0.05, 0) is 31.1 Å². The molecular formula is C21H25ClF3N5O. The van der Waals surface area contributed by atoms with Crippen LogP contribution in [-0.4, -0.2) is 51.8 Å². The zero-order valence-electron chi connectivity index (χ0n) is 17.7. The van der Waals surface area contributed by atoms with Gasteiger partial charge in [0.05, 0.1) is 11.3 Å². The molecule has 1 aliphatic rings. The van der Waals surface area contributed by atoms with Crippen LogP contribution in [0.3, 0.4) is 0 Å². The minimum Gasteiger partial charge on any atom is -0.353 e. The van der Waals surface area contributed by atoms with Crippen molar-refractivity contribution in [3.8, 4) is 0 Å². The Labute approximate surface area is 184 Å². The lowest BCUT2D eigenvalue weighted by molar-refractivity contribution is -0.137. The lowest BCUT2D eigenvalue weighted by Crippen LogP contribution is -2.48. The van der Waals surface area contributed by atoms with Crippen LogP contribution in [0.4, 0.5) is 19.0 Å². The molecule has 3 heterocycles. The van der Waals surface area contributed by atoms with Gasteiger partial charge in [-0.15, -0.1) is 0 Å². The number of aromatic nitrogens is 3. The number of carbonyl (C=O) groups excluding carboxylic acids is 1. The van der Waals surface area contributed by atoms with Crippen LogP contribution in [0.5, 0.6) is 0 Å². The van der Waals surface area contributed by atoms with Gasteiger partial charge in [0.1, 0.15) is 11.0 Å². The molecule has 31 heavy (non-hydrogen) atoms. The minimum atomic E-state index is -4.41. The van der Waals surface area contributed by atoms with Crippen LogP contribution in [-0.2, 0) is 17.5 Å². The molecule has 168 valence electrons. The van der Waals surface area contributed by atoms with E-state index in [0.717, 1.165) is 23.5 Å². The fourth-order valence-electron chi connectivity index (χ4n) is 3.38. The smallest absolute Gasteiger partial charge is 0.353 e. The van der Waals surface area contributed by atoms with Crippen molar-refractivity contribution in [1.29, 1.82) is 0 Å². The molecule has 1 amide bonds. The molecule has 1 fully saturated rings. The van der Waals surface area contributed by atoms with Crippen LogP contribution in [0.15, 0.2) is 24.4 Å². The fourth-order valence-corrected chi connectivity index (χ4v) is 3.69. The van der Waals surface area contributed by atoms with E-state index in [1.165, 1.54) is 12.1 Å². The summed E-state index contributed by atoms with van der Waals surface area (Å²) in [7, 11) is 0. The average Bonchev–Trinajstić information content (AvgIpc) is 2.98. The summed E-state index contributed by atoms with van der Waals surface area (Å²) in [6.45, 7) is 8.58. The largest absolute Gasteiger partial charge is 0.417 e. The predicted octanol–water partition coefficient (Wildman–Crippen LogP) is 4.28. The Hall–Kier alpha value is -2.55. The monoisotopic (exact) mass is 455 g/mol. The standard InChI is InChI=1S/C21H25ClF3N5O/c1-14(2)13-30-20(22)17(15(3)27-30)5-7-19(31)29-10-8-28(9-11-29)18-6-4-16(12-26-18)21(23,24)25/h4-7,12,14H,8-11,13H2,1-3H3/b7-5+. The van der Waals surface area contributed by atoms with Crippen molar-refractivity contribution >= 4 is 29.4 Å². The summed E-state index contributed by atoms with van der Waals surface area (Å²) in [6.07, 6.45) is -0.397. The highest BCUT2D eigenvalue weighted by molar-refractivity contribution is 6.31. The van der Waals surface area contributed by atoms with E-state index < -0.39 is 11.7 Å². The minimum absolute atomic E-state index is 0.146. The second-order valence-corrected chi connectivity index (χ2v) is 8.27. The second kappa shape index (κ2) is 9.30. The summed E-state index contributed by atoms with van der Waals surface area (Å²) in [5.41, 5.74) is 0.706. The first kappa shape index (κ1) is 23.1. The maximum Gasteiger partial charge on any atom is 0.417 e. The fraction of sp³-hybridized carbons (Fsp3) is 0.476. The normalized spacial score (nSPS) is 15.4. The van der Waals surface area contributed by atoms with E-state index in [4.69, 9.17) is 11.6 Å². The Kier molecular flexibility index (Phi) is 6.93. The van der Waals surface area contributed by atoms with Crippen LogP contribution in [0.25, 0.3) is 6.08 Å². The number of aryl methyl sites for hydroxylation is 1. The first-order chi connectivity index (χ1) is 14.6. The summed E-state index contributed by atoms with van der Waals surface area (Å²) in [5, 5.41) is 4.94. The Morgan fingerprint density at radius 2 is 1.90 bits per heavy atom. The Balaban J connectivity index is 1.59. The lowest BCUT2D eigenvalue weighted by Gasteiger charge is -2.35. The second-order valence-electron chi connectivity index (χ2n) is 7.91. The lowest BCUT2D eigenvalue weighted by atomic mass is 10.2. The third kappa shape index (κ3) is 5.58. The molecule has 6 nitrogen and oxygen atoms in total. The molecule has 10 heteroatoms. The van der Waals surface area contributed by atoms with Crippen LogP contribution in [0.1, 0.15) is 30.7 Å². The van der Waals surface area contributed by atoms with E-state index in [2.05, 4.69) is 23.9 Å². The van der Waals surface area contributed by atoms with E-state index >= 15 is 0 Å². The summed E-state index contributed by atoms with van der Waals surface area (Å²) < 4.78 is 39.8. The summed E-state index contributed by atoms with van der Waals surface area (Å²) in [5.74, 6) is 0.716. The highest BCUT2D eigenvalue weighted by atomic mass is 35.5. The van der Waals surface area contributed by atoms with Gasteiger partial charge >= 0.3 is 6.18 Å². The molecule has 0 radical (unpaired) electrons. The average molecular weight is 456 g/mol. The molecule has 1 saturated heterocycles. The number of piperazine rings is 1. The van der Waals surface area contributed by atoms with Gasteiger partial charge in [-0.3, -0.25) is 9.48 Å². The first-order valence-electron chi connectivity index (χ1n) is 10.0. The molecular weight excluding hydrogens is 431 g/mol. The number of alkyl halides is 3.